The van der Waals surface area contributed by atoms with E-state index in [1.807, 2.05) is 0 Å². The van der Waals surface area contributed by atoms with E-state index in [4.69, 9.17) is 11.6 Å². The van der Waals surface area contributed by atoms with E-state index in [0.29, 0.717) is 12.4 Å². The van der Waals surface area contributed by atoms with Gasteiger partial charge in [-0.3, -0.25) is 15.2 Å². The average molecular weight is 187 g/mol. The Morgan fingerprint density at radius 1 is 1.46 bits per heavy atom. The second-order valence-corrected chi connectivity index (χ2v) is 2.57. The molecule has 0 aliphatic carbocycles. The van der Waals surface area contributed by atoms with Gasteiger partial charge in [0.15, 0.2) is 0 Å². The summed E-state index contributed by atoms with van der Waals surface area (Å²) < 4.78 is 0. The molecule has 0 radical (unpaired) electrons. The Labute approximate surface area is 77.7 Å². The molecule has 0 heterocycles. The van der Waals surface area contributed by atoms with Crippen LogP contribution in [0, 0.1) is 0 Å². The molecule has 0 spiro atoms. The fourth-order valence-corrected chi connectivity index (χ4v) is 0.826. The lowest BCUT2D eigenvalue weighted by molar-refractivity contribution is -0.118. The van der Waals surface area contributed by atoms with E-state index in [9.17, 15) is 4.79 Å². The lowest BCUT2D eigenvalue weighted by Crippen LogP contribution is -2.41. The van der Waals surface area contributed by atoms with Crippen LogP contribution in [0.1, 0.15) is 19.3 Å². The highest BCUT2D eigenvalue weighted by Crippen LogP contribution is 1.91. The van der Waals surface area contributed by atoms with E-state index in [-0.39, 0.29) is 5.91 Å². The molecule has 0 aliphatic heterocycles. The quantitative estimate of drug-likeness (QED) is 0.141. The van der Waals surface area contributed by atoms with Gasteiger partial charge in [0.05, 0.1) is 0 Å². The van der Waals surface area contributed by atoms with Crippen molar-refractivity contribution in [2.75, 3.05) is 13.6 Å². The molecule has 13 heavy (non-hydrogen) atoms. The van der Waals surface area contributed by atoms with Gasteiger partial charge in [0.1, 0.15) is 0 Å². The molecule has 0 fully saturated rings. The number of hydrazine groups is 1. The Hall–Kier alpha value is -1.30. The van der Waals surface area contributed by atoms with Crippen LogP contribution in [0.5, 0.6) is 0 Å². The summed E-state index contributed by atoms with van der Waals surface area (Å²) in [6.45, 7) is 0.726. The molecule has 0 bridgehead atoms. The number of carbonyl (C=O) groups excluding carboxylic acids is 1. The van der Waals surface area contributed by atoms with E-state index >= 15 is 0 Å². The van der Waals surface area contributed by atoms with Crippen LogP contribution in [0.15, 0.2) is 4.99 Å². The molecule has 0 aliphatic rings. The highest BCUT2D eigenvalue weighted by atomic mass is 16.1. The molecule has 6 heteroatoms. The SMILES string of the molecule is CN=C(NN)NCCCCC(N)=O. The first-order valence-corrected chi connectivity index (χ1v) is 4.16. The normalized spacial score (nSPS) is 11.1. The van der Waals surface area contributed by atoms with E-state index < -0.39 is 0 Å². The molecule has 0 saturated heterocycles. The molecule has 0 aromatic rings. The van der Waals surface area contributed by atoms with Crippen LogP contribution in [0.3, 0.4) is 0 Å². The molecule has 0 atom stereocenters. The van der Waals surface area contributed by atoms with Crippen molar-refractivity contribution in [3.8, 4) is 0 Å². The second kappa shape index (κ2) is 7.35. The molecule has 1 amide bonds. The predicted octanol–water partition coefficient (Wildman–Crippen LogP) is -1.32. The second-order valence-electron chi connectivity index (χ2n) is 2.57. The fourth-order valence-electron chi connectivity index (χ4n) is 0.826. The number of unbranched alkanes of at least 4 members (excludes halogenated alkanes) is 1. The minimum absolute atomic E-state index is 0.263. The average Bonchev–Trinajstić information content (AvgIpc) is 2.11. The molecule has 6 N–H and O–H groups in total. The summed E-state index contributed by atoms with van der Waals surface area (Å²) in [4.78, 5) is 14.2. The van der Waals surface area contributed by atoms with Gasteiger partial charge in [0.2, 0.25) is 11.9 Å². The van der Waals surface area contributed by atoms with E-state index in [1.54, 1.807) is 7.05 Å². The lowest BCUT2D eigenvalue weighted by atomic mass is 10.2. The Morgan fingerprint density at radius 2 is 2.15 bits per heavy atom. The molecule has 0 aromatic heterocycles. The Bertz CT molecular complexity index is 180. The molecule has 0 aromatic carbocycles. The predicted molar refractivity (Wildman–Crippen MR) is 51.7 cm³/mol. The van der Waals surface area contributed by atoms with Crippen LogP contribution < -0.4 is 22.3 Å². The summed E-state index contributed by atoms with van der Waals surface area (Å²) in [5.74, 6) is 5.41. The van der Waals surface area contributed by atoms with Crippen LogP contribution in [-0.2, 0) is 4.79 Å². The standard InChI is InChI=1S/C7H17N5O/c1-10-7(12-9)11-5-3-2-4-6(8)13/h2-5,9H2,1H3,(H2,8,13)(H2,10,11,12). The number of nitrogens with zero attached hydrogens (tertiary/aromatic N) is 1. The third kappa shape index (κ3) is 7.07. The van der Waals surface area contributed by atoms with Gasteiger partial charge in [-0.25, -0.2) is 5.84 Å². The first-order valence-electron chi connectivity index (χ1n) is 4.16. The number of amides is 1. The van der Waals surface area contributed by atoms with Gasteiger partial charge in [-0.05, 0) is 12.8 Å². The van der Waals surface area contributed by atoms with E-state index in [1.165, 1.54) is 0 Å². The van der Waals surface area contributed by atoms with Gasteiger partial charge >= 0.3 is 0 Å². The van der Waals surface area contributed by atoms with Gasteiger partial charge in [-0.1, -0.05) is 0 Å². The van der Waals surface area contributed by atoms with Crippen molar-refractivity contribution in [1.29, 1.82) is 0 Å². The minimum Gasteiger partial charge on any atom is -0.370 e. The topological polar surface area (TPSA) is 106 Å². The maximum Gasteiger partial charge on any atom is 0.217 e. The third-order valence-corrected chi connectivity index (χ3v) is 1.50. The minimum atomic E-state index is -0.263. The highest BCUT2D eigenvalue weighted by molar-refractivity contribution is 5.78. The van der Waals surface area contributed by atoms with Crippen LogP contribution >= 0.6 is 0 Å². The van der Waals surface area contributed by atoms with Crippen molar-refractivity contribution in [1.82, 2.24) is 10.7 Å². The Morgan fingerprint density at radius 3 is 2.62 bits per heavy atom. The first kappa shape index (κ1) is 11.7. The fraction of sp³-hybridized carbons (Fsp3) is 0.714. The summed E-state index contributed by atoms with van der Waals surface area (Å²) in [6.07, 6.45) is 2.07. The number of hydrogen-bond acceptors (Lipinski definition) is 3. The molecule has 0 saturated carbocycles. The zero-order valence-corrected chi connectivity index (χ0v) is 7.84. The van der Waals surface area contributed by atoms with Crippen LogP contribution in [0.25, 0.3) is 0 Å². The summed E-state index contributed by atoms with van der Waals surface area (Å²) >= 11 is 0. The summed E-state index contributed by atoms with van der Waals surface area (Å²) in [5.41, 5.74) is 7.37. The first-order chi connectivity index (χ1) is 6.20. The number of aliphatic imine (C=N–C) groups is 1. The number of carbonyl (C=O) groups is 1. The molecular formula is C7H17N5O. The summed E-state index contributed by atoms with van der Waals surface area (Å²) in [7, 11) is 1.63. The number of rotatable bonds is 5. The van der Waals surface area contributed by atoms with E-state index in [2.05, 4.69) is 15.7 Å². The van der Waals surface area contributed by atoms with Gasteiger partial charge in [-0.2, -0.15) is 0 Å². The summed E-state index contributed by atoms with van der Waals surface area (Å²) in [5, 5.41) is 2.95. The molecule has 0 rings (SSSR count). The third-order valence-electron chi connectivity index (χ3n) is 1.50. The van der Waals surface area contributed by atoms with Gasteiger partial charge in [0, 0.05) is 20.0 Å². The maximum atomic E-state index is 10.4. The van der Waals surface area contributed by atoms with Crippen molar-refractivity contribution in [3.63, 3.8) is 0 Å². The Kier molecular flexibility index (Phi) is 6.62. The maximum absolute atomic E-state index is 10.4. The zero-order chi connectivity index (χ0) is 10.1. The molecular weight excluding hydrogens is 170 g/mol. The number of hydrogen-bond donors (Lipinski definition) is 4. The summed E-state index contributed by atoms with van der Waals surface area (Å²) in [6, 6.07) is 0. The van der Waals surface area contributed by atoms with E-state index in [0.717, 1.165) is 19.4 Å². The largest absolute Gasteiger partial charge is 0.370 e. The number of nitrogens with two attached hydrogens (primary N) is 2. The number of primary amides is 1. The van der Waals surface area contributed by atoms with Crippen LogP contribution in [0.4, 0.5) is 0 Å². The van der Waals surface area contributed by atoms with Crippen molar-refractivity contribution in [3.05, 3.63) is 0 Å². The van der Waals surface area contributed by atoms with Gasteiger partial charge in [-0.15, -0.1) is 0 Å². The van der Waals surface area contributed by atoms with Crippen molar-refractivity contribution in [2.24, 2.45) is 16.6 Å². The smallest absolute Gasteiger partial charge is 0.217 e. The number of guanidine groups is 1. The Balaban J connectivity index is 3.30. The van der Waals surface area contributed by atoms with Gasteiger partial charge in [0.25, 0.3) is 0 Å². The monoisotopic (exact) mass is 187 g/mol. The molecule has 0 unspecified atom stereocenters. The van der Waals surface area contributed by atoms with Gasteiger partial charge < -0.3 is 11.1 Å². The van der Waals surface area contributed by atoms with Crippen molar-refractivity contribution < 1.29 is 4.79 Å². The molecule has 76 valence electrons. The van der Waals surface area contributed by atoms with Crippen LogP contribution in [-0.4, -0.2) is 25.5 Å². The number of nitrogens with one attached hydrogen (secondary N) is 2. The highest BCUT2D eigenvalue weighted by Gasteiger charge is 1.95. The lowest BCUT2D eigenvalue weighted by Gasteiger charge is -2.06. The zero-order valence-electron chi connectivity index (χ0n) is 7.84. The van der Waals surface area contributed by atoms with Crippen LogP contribution in [0.2, 0.25) is 0 Å². The van der Waals surface area contributed by atoms with Crippen molar-refractivity contribution in [2.45, 2.75) is 19.3 Å². The van der Waals surface area contributed by atoms with Crippen molar-refractivity contribution >= 4 is 11.9 Å². The molecule has 6 nitrogen and oxygen atoms in total.